The van der Waals surface area contributed by atoms with Gasteiger partial charge in [-0.15, -0.1) is 5.10 Å². The van der Waals surface area contributed by atoms with Gasteiger partial charge in [-0.3, -0.25) is 9.59 Å². The first-order valence-corrected chi connectivity index (χ1v) is 11.6. The summed E-state index contributed by atoms with van der Waals surface area (Å²) in [5.74, 6) is -0.435. The molecule has 0 unspecified atom stereocenters. The Bertz CT molecular complexity index is 1400. The van der Waals surface area contributed by atoms with E-state index in [1.165, 1.54) is 42.2 Å². The molecule has 0 aliphatic carbocycles. The first-order valence-electron chi connectivity index (χ1n) is 10.2. The largest absolute Gasteiger partial charge is 0.322 e. The fraction of sp³-hybridized carbons (Fsp3) is 0.0870. The average molecular weight is 477 g/mol. The van der Waals surface area contributed by atoms with Crippen molar-refractivity contribution in [3.63, 3.8) is 0 Å². The van der Waals surface area contributed by atoms with E-state index in [0.717, 1.165) is 5.69 Å². The Morgan fingerprint density at radius 1 is 0.882 bits per heavy atom. The average Bonchev–Trinajstić information content (AvgIpc) is 3.39. The maximum absolute atomic E-state index is 12.5. The predicted molar refractivity (Wildman–Crippen MR) is 124 cm³/mol. The third-order valence-electron chi connectivity index (χ3n) is 4.99. The maximum Gasteiger partial charge on any atom is 0.255 e. The summed E-state index contributed by atoms with van der Waals surface area (Å²) in [6.45, 7) is 1.47. The lowest BCUT2D eigenvalue weighted by atomic mass is 10.1. The molecule has 172 valence electrons. The number of carbonyl (C=O) groups is 2. The summed E-state index contributed by atoms with van der Waals surface area (Å²) in [5, 5.41) is 13.8. The van der Waals surface area contributed by atoms with Crippen LogP contribution in [0.4, 0.5) is 5.69 Å². The highest BCUT2D eigenvalue weighted by molar-refractivity contribution is 7.89. The van der Waals surface area contributed by atoms with Gasteiger partial charge in [-0.2, -0.15) is 0 Å². The molecule has 0 saturated carbocycles. The van der Waals surface area contributed by atoms with E-state index < -0.39 is 10.0 Å². The van der Waals surface area contributed by atoms with E-state index in [1.54, 1.807) is 48.5 Å². The number of hydrogen-bond donors (Lipinski definition) is 2. The van der Waals surface area contributed by atoms with Crippen LogP contribution in [0.1, 0.15) is 33.2 Å². The van der Waals surface area contributed by atoms with Gasteiger partial charge in [0.2, 0.25) is 10.0 Å². The number of nitrogens with zero attached hydrogens (tertiary/aromatic N) is 4. The van der Waals surface area contributed by atoms with Gasteiger partial charge in [-0.1, -0.05) is 24.3 Å². The van der Waals surface area contributed by atoms with Gasteiger partial charge in [0.25, 0.3) is 5.91 Å². The fourth-order valence-electron chi connectivity index (χ4n) is 3.08. The molecular formula is C23H20N6O4S. The highest BCUT2D eigenvalue weighted by Gasteiger charge is 2.14. The molecule has 1 amide bonds. The SMILES string of the molecule is CC(=O)c1ccc(S(=O)(=O)NCc2ccc(C(=O)Nc3ccc(-n4cnnn4)cc3)cc2)cc1. The molecule has 0 fully saturated rings. The molecule has 10 nitrogen and oxygen atoms in total. The highest BCUT2D eigenvalue weighted by Crippen LogP contribution is 2.15. The first-order chi connectivity index (χ1) is 16.3. The van der Waals surface area contributed by atoms with Gasteiger partial charge in [-0.25, -0.2) is 17.8 Å². The van der Waals surface area contributed by atoms with Crippen LogP contribution < -0.4 is 10.0 Å². The molecule has 0 radical (unpaired) electrons. The number of sulfonamides is 1. The molecule has 11 heteroatoms. The van der Waals surface area contributed by atoms with E-state index in [-0.39, 0.29) is 23.1 Å². The van der Waals surface area contributed by atoms with Crippen LogP contribution in [0.25, 0.3) is 5.69 Å². The van der Waals surface area contributed by atoms with E-state index >= 15 is 0 Å². The number of amides is 1. The number of carbonyl (C=O) groups excluding carboxylic acids is 2. The molecule has 0 saturated heterocycles. The van der Waals surface area contributed by atoms with Crippen LogP contribution in [-0.2, 0) is 16.6 Å². The van der Waals surface area contributed by atoms with Crippen LogP contribution in [0, 0.1) is 0 Å². The Labute approximate surface area is 195 Å². The van der Waals surface area contributed by atoms with Crippen molar-refractivity contribution in [3.8, 4) is 5.69 Å². The topological polar surface area (TPSA) is 136 Å². The summed E-state index contributed by atoms with van der Waals surface area (Å²) in [7, 11) is -3.74. The van der Waals surface area contributed by atoms with Crippen LogP contribution in [0.15, 0.2) is 84.0 Å². The Hall–Kier alpha value is -4.22. The maximum atomic E-state index is 12.5. The molecular weight excluding hydrogens is 456 g/mol. The lowest BCUT2D eigenvalue weighted by Gasteiger charge is -2.09. The van der Waals surface area contributed by atoms with Crippen LogP contribution in [0.5, 0.6) is 0 Å². The van der Waals surface area contributed by atoms with Crippen molar-refractivity contribution in [1.82, 2.24) is 24.9 Å². The Kier molecular flexibility index (Phi) is 6.57. The molecule has 0 bridgehead atoms. The zero-order valence-corrected chi connectivity index (χ0v) is 18.9. The van der Waals surface area contributed by atoms with Crippen molar-refractivity contribution >= 4 is 27.4 Å². The zero-order chi connectivity index (χ0) is 24.1. The lowest BCUT2D eigenvalue weighted by Crippen LogP contribution is -2.23. The van der Waals surface area contributed by atoms with Crippen molar-refractivity contribution < 1.29 is 18.0 Å². The van der Waals surface area contributed by atoms with Crippen LogP contribution in [-0.4, -0.2) is 40.3 Å². The zero-order valence-electron chi connectivity index (χ0n) is 18.0. The van der Waals surface area contributed by atoms with Crippen LogP contribution in [0.3, 0.4) is 0 Å². The molecule has 2 N–H and O–H groups in total. The molecule has 0 atom stereocenters. The molecule has 4 rings (SSSR count). The highest BCUT2D eigenvalue weighted by atomic mass is 32.2. The number of hydrogen-bond acceptors (Lipinski definition) is 7. The summed E-state index contributed by atoms with van der Waals surface area (Å²) < 4.78 is 29.0. The van der Waals surface area contributed by atoms with E-state index in [1.807, 2.05) is 0 Å². The van der Waals surface area contributed by atoms with Crippen molar-refractivity contribution in [3.05, 3.63) is 95.8 Å². The quantitative estimate of drug-likeness (QED) is 0.373. The number of rotatable bonds is 8. The molecule has 1 aromatic heterocycles. The van der Waals surface area contributed by atoms with Crippen molar-refractivity contribution in [2.75, 3.05) is 5.32 Å². The van der Waals surface area contributed by atoms with Crippen molar-refractivity contribution in [2.45, 2.75) is 18.4 Å². The number of benzene rings is 3. The van der Waals surface area contributed by atoms with E-state index in [4.69, 9.17) is 0 Å². The van der Waals surface area contributed by atoms with Gasteiger partial charge >= 0.3 is 0 Å². The van der Waals surface area contributed by atoms with Crippen LogP contribution in [0.2, 0.25) is 0 Å². The summed E-state index contributed by atoms with van der Waals surface area (Å²) in [5.41, 5.74) is 2.91. The smallest absolute Gasteiger partial charge is 0.255 e. The molecule has 34 heavy (non-hydrogen) atoms. The molecule has 0 aliphatic rings. The fourth-order valence-corrected chi connectivity index (χ4v) is 4.10. The number of ketones is 1. The Balaban J connectivity index is 1.35. The predicted octanol–water partition coefficient (Wildman–Crippen LogP) is 2.60. The van der Waals surface area contributed by atoms with Crippen LogP contribution >= 0.6 is 0 Å². The summed E-state index contributed by atoms with van der Waals surface area (Å²) >= 11 is 0. The van der Waals surface area contributed by atoms with Gasteiger partial charge in [0.05, 0.1) is 10.6 Å². The second kappa shape index (κ2) is 9.73. The first kappa shape index (κ1) is 23.0. The van der Waals surface area contributed by atoms with Gasteiger partial charge in [-0.05, 0) is 71.4 Å². The van der Waals surface area contributed by atoms with Crippen molar-refractivity contribution in [2.24, 2.45) is 0 Å². The minimum atomic E-state index is -3.74. The van der Waals surface area contributed by atoms with Gasteiger partial charge < -0.3 is 5.32 Å². The molecule has 0 spiro atoms. The van der Waals surface area contributed by atoms with E-state index in [2.05, 4.69) is 25.6 Å². The number of nitrogens with one attached hydrogen (secondary N) is 2. The van der Waals surface area contributed by atoms with E-state index in [0.29, 0.717) is 22.4 Å². The number of tetrazole rings is 1. The standard InChI is InChI=1S/C23H20N6O4S/c1-16(30)18-6-12-22(13-7-18)34(32,33)25-14-17-2-4-19(5-3-17)23(31)26-20-8-10-21(11-9-20)29-15-24-27-28-29/h2-13,15,25H,14H2,1H3,(H,26,31). The van der Waals surface area contributed by atoms with Crippen molar-refractivity contribution in [1.29, 1.82) is 0 Å². The second-order valence-corrected chi connectivity index (χ2v) is 9.12. The van der Waals surface area contributed by atoms with Gasteiger partial charge in [0.15, 0.2) is 5.78 Å². The third-order valence-corrected chi connectivity index (χ3v) is 6.41. The summed E-state index contributed by atoms with van der Waals surface area (Å²) in [6.07, 6.45) is 1.47. The van der Waals surface area contributed by atoms with Gasteiger partial charge in [0, 0.05) is 23.4 Å². The second-order valence-electron chi connectivity index (χ2n) is 7.36. The lowest BCUT2D eigenvalue weighted by molar-refractivity contribution is 0.101. The van der Waals surface area contributed by atoms with E-state index in [9.17, 15) is 18.0 Å². The molecule has 3 aromatic carbocycles. The summed E-state index contributed by atoms with van der Waals surface area (Å²) in [6, 6.07) is 19.4. The summed E-state index contributed by atoms with van der Waals surface area (Å²) in [4.78, 5) is 24.0. The number of aromatic nitrogens is 4. The molecule has 1 heterocycles. The number of Topliss-reactive ketones (excluding diaryl/α,β-unsaturated/α-hetero) is 1. The molecule has 0 aliphatic heterocycles. The molecule has 4 aromatic rings. The normalized spacial score (nSPS) is 11.2. The minimum absolute atomic E-state index is 0.0529. The monoisotopic (exact) mass is 476 g/mol. The third kappa shape index (κ3) is 5.39. The Morgan fingerprint density at radius 3 is 2.12 bits per heavy atom. The minimum Gasteiger partial charge on any atom is -0.322 e. The van der Waals surface area contributed by atoms with Gasteiger partial charge in [0.1, 0.15) is 6.33 Å². The number of anilines is 1. The Morgan fingerprint density at radius 2 is 1.53 bits per heavy atom.